The summed E-state index contributed by atoms with van der Waals surface area (Å²) in [5.41, 5.74) is 3.32. The Labute approximate surface area is 87.9 Å². The first-order valence-electron chi connectivity index (χ1n) is 5.55. The van der Waals surface area contributed by atoms with Crippen LogP contribution >= 0.6 is 0 Å². The van der Waals surface area contributed by atoms with E-state index < -0.39 is 18.4 Å². The molecular formula is C9H18ClNO2. The van der Waals surface area contributed by atoms with Crippen LogP contribution in [0.3, 0.4) is 0 Å². The van der Waals surface area contributed by atoms with Crippen LogP contribution in [-0.4, -0.2) is 17.1 Å². The summed E-state index contributed by atoms with van der Waals surface area (Å²) >= 11 is 0. The molecule has 1 aliphatic rings. The van der Waals surface area contributed by atoms with E-state index in [2.05, 4.69) is 5.73 Å². The second kappa shape index (κ2) is 6.22. The van der Waals surface area contributed by atoms with Gasteiger partial charge in [-0.2, -0.15) is 0 Å². The fourth-order valence-corrected chi connectivity index (χ4v) is 1.66. The molecule has 1 rings (SSSR count). The monoisotopic (exact) mass is 209 g/mol. The quantitative estimate of drug-likeness (QED) is 0.547. The molecule has 0 amide bonds. The van der Waals surface area contributed by atoms with Crippen molar-refractivity contribution in [2.24, 2.45) is 5.92 Å². The van der Waals surface area contributed by atoms with Crippen LogP contribution in [0.15, 0.2) is 0 Å². The number of hydrogen-bond acceptors (Lipinski definition) is 1. The Balaban J connectivity index is 0.00000196. The van der Waals surface area contributed by atoms with Crippen LogP contribution in [0, 0.1) is 5.92 Å². The van der Waals surface area contributed by atoms with Gasteiger partial charge in [-0.05, 0) is 5.92 Å². The molecule has 4 heteroatoms. The van der Waals surface area contributed by atoms with Gasteiger partial charge in [0.25, 0.3) is 0 Å². The molecule has 1 aliphatic carbocycles. The number of carboxylic acids is 1. The maximum Gasteiger partial charge on any atom is 0.362 e. The Morgan fingerprint density at radius 2 is 2.15 bits per heavy atom. The number of carboxylic acid groups (broad SMARTS) is 1. The molecule has 0 aromatic carbocycles. The molecule has 1 fully saturated rings. The Morgan fingerprint density at radius 3 is 2.62 bits per heavy atom. The standard InChI is InChI=1S/C9H17NO2.ClH/c10-8(9(11)12)6-7-4-2-1-3-5-7;/h7-8H,1-6,10H2,(H,11,12);1H/i6D,8D;. The molecule has 0 aromatic rings. The van der Waals surface area contributed by atoms with Crippen LogP contribution in [0.5, 0.6) is 0 Å². The Kier molecular flexibility index (Phi) is 4.44. The van der Waals surface area contributed by atoms with Gasteiger partial charge in [0.1, 0.15) is 1.37 Å². The van der Waals surface area contributed by atoms with E-state index in [9.17, 15) is 4.79 Å². The van der Waals surface area contributed by atoms with E-state index in [4.69, 9.17) is 7.85 Å². The molecule has 3 nitrogen and oxygen atoms in total. The lowest BCUT2D eigenvalue weighted by Gasteiger charge is -2.21. The molecule has 0 bridgehead atoms. The predicted octanol–water partition coefficient (Wildman–Crippen LogP) is -2.34. The van der Waals surface area contributed by atoms with E-state index >= 15 is 0 Å². The molecule has 0 heterocycles. The Hall–Kier alpha value is -0.280. The molecule has 0 saturated heterocycles. The van der Waals surface area contributed by atoms with Crippen molar-refractivity contribution in [1.29, 1.82) is 0 Å². The number of halogens is 1. The number of hydrogen-bond donors (Lipinski definition) is 2. The zero-order chi connectivity index (χ0) is 10.8. The van der Waals surface area contributed by atoms with Gasteiger partial charge in [0.05, 0.1) is 0 Å². The van der Waals surface area contributed by atoms with Gasteiger partial charge in [-0.15, -0.1) is 0 Å². The molecule has 0 radical (unpaired) electrons. The zero-order valence-corrected chi connectivity index (χ0v) is 8.39. The fraction of sp³-hybridized carbons (Fsp3) is 0.889. The molecule has 78 valence electrons. The van der Waals surface area contributed by atoms with Gasteiger partial charge in [0, 0.05) is 7.77 Å². The van der Waals surface area contributed by atoms with Crippen LogP contribution < -0.4 is 18.1 Å². The largest absolute Gasteiger partial charge is 1.00 e. The van der Waals surface area contributed by atoms with Crippen molar-refractivity contribution in [3.63, 3.8) is 0 Å². The van der Waals surface area contributed by atoms with E-state index in [1.54, 1.807) is 0 Å². The van der Waals surface area contributed by atoms with Crippen molar-refractivity contribution in [1.82, 2.24) is 0 Å². The first-order valence-corrected chi connectivity index (χ1v) is 4.47. The van der Waals surface area contributed by atoms with E-state index in [1.165, 1.54) is 6.42 Å². The highest BCUT2D eigenvalue weighted by Gasteiger charge is 2.22. The highest BCUT2D eigenvalue weighted by atomic mass is 35.5. The molecule has 2 atom stereocenters. The summed E-state index contributed by atoms with van der Waals surface area (Å²) < 4.78 is 15.3. The fourth-order valence-electron chi connectivity index (χ4n) is 1.66. The van der Waals surface area contributed by atoms with Crippen LogP contribution in [0.4, 0.5) is 0 Å². The number of rotatable bonds is 3. The summed E-state index contributed by atoms with van der Waals surface area (Å²) in [6, 6.07) is -1.90. The van der Waals surface area contributed by atoms with Gasteiger partial charge in [-0.3, -0.25) is 0 Å². The number of carbonyl (C=O) groups is 1. The lowest BCUT2D eigenvalue weighted by Crippen LogP contribution is -3.00. The first kappa shape index (κ1) is 9.28. The van der Waals surface area contributed by atoms with Gasteiger partial charge in [-0.25, -0.2) is 4.79 Å². The van der Waals surface area contributed by atoms with Crippen molar-refractivity contribution in [3.8, 4) is 0 Å². The third-order valence-corrected chi connectivity index (χ3v) is 2.36. The highest BCUT2D eigenvalue weighted by molar-refractivity contribution is 5.71. The summed E-state index contributed by atoms with van der Waals surface area (Å²) in [7, 11) is 0. The lowest BCUT2D eigenvalue weighted by atomic mass is 9.85. The normalized spacial score (nSPS) is 27.5. The number of aliphatic carboxylic acids is 1. The summed E-state index contributed by atoms with van der Waals surface area (Å²) in [6.45, 7) is 0. The highest BCUT2D eigenvalue weighted by Crippen LogP contribution is 2.26. The predicted molar refractivity (Wildman–Crippen MR) is 45.5 cm³/mol. The minimum atomic E-state index is -1.90. The van der Waals surface area contributed by atoms with Gasteiger partial charge in [0.15, 0.2) is 6.02 Å². The molecule has 0 aromatic heterocycles. The maximum absolute atomic E-state index is 10.7. The van der Waals surface area contributed by atoms with Crippen molar-refractivity contribution < 1.29 is 30.8 Å². The SMILES string of the molecule is [2H]C(C1CCCCC1)C([2H])([NH3+])C(=O)O.[Cl-]. The second-order valence-corrected chi connectivity index (χ2v) is 3.40. The minimum absolute atomic E-state index is 0. The first-order chi connectivity index (χ1) is 6.46. The van der Waals surface area contributed by atoms with E-state index in [-0.39, 0.29) is 18.3 Å². The van der Waals surface area contributed by atoms with E-state index in [0.29, 0.717) is 0 Å². The second-order valence-electron chi connectivity index (χ2n) is 3.40. The lowest BCUT2D eigenvalue weighted by molar-refractivity contribution is -0.411. The minimum Gasteiger partial charge on any atom is -1.00 e. The van der Waals surface area contributed by atoms with Gasteiger partial charge in [0.2, 0.25) is 0 Å². The average Bonchev–Trinajstić information content (AvgIpc) is 2.17. The van der Waals surface area contributed by atoms with Crippen LogP contribution in [-0.2, 0) is 4.79 Å². The topological polar surface area (TPSA) is 64.9 Å². The molecule has 0 aliphatic heterocycles. The van der Waals surface area contributed by atoms with E-state index in [1.807, 2.05) is 0 Å². The molecule has 13 heavy (non-hydrogen) atoms. The summed E-state index contributed by atoms with van der Waals surface area (Å²) in [5.74, 6) is -1.25. The summed E-state index contributed by atoms with van der Waals surface area (Å²) in [5, 5.41) is 8.77. The van der Waals surface area contributed by atoms with E-state index in [0.717, 1.165) is 25.7 Å². The maximum atomic E-state index is 10.7. The zero-order valence-electron chi connectivity index (χ0n) is 9.63. The smallest absolute Gasteiger partial charge is 0.362 e. The van der Waals surface area contributed by atoms with Crippen LogP contribution in [0.1, 0.15) is 41.2 Å². The van der Waals surface area contributed by atoms with Crippen molar-refractivity contribution in [3.05, 3.63) is 0 Å². The van der Waals surface area contributed by atoms with Crippen molar-refractivity contribution in [2.45, 2.75) is 44.5 Å². The third-order valence-electron chi connectivity index (χ3n) is 2.36. The summed E-state index contributed by atoms with van der Waals surface area (Å²) in [4.78, 5) is 10.7. The van der Waals surface area contributed by atoms with Crippen molar-refractivity contribution >= 4 is 5.97 Å². The molecule has 0 spiro atoms. The molecule has 4 N–H and O–H groups in total. The Bertz CT molecular complexity index is 220. The van der Waals surface area contributed by atoms with Crippen LogP contribution in [0.25, 0.3) is 0 Å². The molecule has 1 saturated carbocycles. The van der Waals surface area contributed by atoms with Gasteiger partial charge >= 0.3 is 5.97 Å². The number of quaternary nitrogens is 1. The van der Waals surface area contributed by atoms with Gasteiger partial charge < -0.3 is 23.2 Å². The Morgan fingerprint density at radius 1 is 1.62 bits per heavy atom. The van der Waals surface area contributed by atoms with Crippen LogP contribution in [0.2, 0.25) is 0 Å². The molecule has 2 unspecified atom stereocenters. The average molecular weight is 210 g/mol. The molecular weight excluding hydrogens is 190 g/mol. The van der Waals surface area contributed by atoms with Gasteiger partial charge in [-0.1, -0.05) is 32.1 Å². The van der Waals surface area contributed by atoms with Crippen molar-refractivity contribution in [2.75, 3.05) is 0 Å². The summed E-state index contributed by atoms with van der Waals surface area (Å²) in [6.07, 6.45) is 4.11. The third kappa shape index (κ3) is 4.48.